The molecule has 8 nitrogen and oxygen atoms in total. The van der Waals surface area contributed by atoms with Gasteiger partial charge in [-0.3, -0.25) is 9.48 Å². The average Bonchev–Trinajstić information content (AvgIpc) is 3.04. The Hall–Kier alpha value is -3.03. The van der Waals surface area contributed by atoms with E-state index < -0.39 is 6.09 Å². The lowest BCUT2D eigenvalue weighted by atomic mass is 9.98. The molecule has 0 radical (unpaired) electrons. The van der Waals surface area contributed by atoms with Crippen LogP contribution in [0.1, 0.15) is 36.6 Å². The van der Waals surface area contributed by atoms with Crippen molar-refractivity contribution in [1.82, 2.24) is 19.6 Å². The normalized spacial score (nSPS) is 18.8. The second-order valence-corrected chi connectivity index (χ2v) is 8.38. The van der Waals surface area contributed by atoms with Gasteiger partial charge in [-0.05, 0) is 43.4 Å². The SMILES string of the molecule is CC(=O)N1CCc2c(c(Nc3cccc(C)c3)nn2CC2CCCN(C(=O)O)C2)C1. The lowest BCUT2D eigenvalue weighted by Gasteiger charge is -2.31. The molecular formula is C22H29N5O3. The van der Waals surface area contributed by atoms with Crippen molar-refractivity contribution in [3.63, 3.8) is 0 Å². The fourth-order valence-corrected chi connectivity index (χ4v) is 4.50. The number of hydrogen-bond donors (Lipinski definition) is 2. The third kappa shape index (κ3) is 4.27. The van der Waals surface area contributed by atoms with Crippen molar-refractivity contribution in [3.8, 4) is 0 Å². The Morgan fingerprint density at radius 3 is 2.83 bits per heavy atom. The molecule has 1 unspecified atom stereocenters. The van der Waals surface area contributed by atoms with Gasteiger partial charge in [0.15, 0.2) is 5.82 Å². The lowest BCUT2D eigenvalue weighted by Crippen LogP contribution is -2.40. The average molecular weight is 412 g/mol. The molecule has 0 aliphatic carbocycles. The van der Waals surface area contributed by atoms with Gasteiger partial charge in [-0.15, -0.1) is 0 Å². The van der Waals surface area contributed by atoms with Gasteiger partial charge in [-0.25, -0.2) is 4.79 Å². The molecule has 0 spiro atoms. The molecule has 30 heavy (non-hydrogen) atoms. The number of rotatable bonds is 4. The smallest absolute Gasteiger partial charge is 0.407 e. The van der Waals surface area contributed by atoms with Gasteiger partial charge in [0.25, 0.3) is 0 Å². The van der Waals surface area contributed by atoms with Gasteiger partial charge < -0.3 is 20.2 Å². The Bertz CT molecular complexity index is 954. The summed E-state index contributed by atoms with van der Waals surface area (Å²) in [6, 6.07) is 8.14. The summed E-state index contributed by atoms with van der Waals surface area (Å²) in [6.07, 6.45) is 1.79. The molecule has 160 valence electrons. The number of piperidine rings is 1. The van der Waals surface area contributed by atoms with Gasteiger partial charge in [0.05, 0.1) is 6.54 Å². The maximum absolute atomic E-state index is 12.0. The molecule has 2 aliphatic rings. The standard InChI is InChI=1S/C22H29N5O3/c1-15-5-3-7-18(11-15)23-21-19-14-25(16(2)28)10-8-20(19)27(24-21)13-17-6-4-9-26(12-17)22(29)30/h3,5,7,11,17H,4,6,8-10,12-14H2,1-2H3,(H,23,24)(H,29,30). The number of likely N-dealkylation sites (tertiary alicyclic amines) is 1. The fraction of sp³-hybridized carbons (Fsp3) is 0.500. The van der Waals surface area contributed by atoms with Gasteiger partial charge in [0.1, 0.15) is 0 Å². The highest BCUT2D eigenvalue weighted by Gasteiger charge is 2.29. The Labute approximate surface area is 176 Å². The molecule has 2 amide bonds. The minimum Gasteiger partial charge on any atom is -0.465 e. The topological polar surface area (TPSA) is 90.7 Å². The number of amides is 2. The van der Waals surface area contributed by atoms with Crippen molar-refractivity contribution in [1.29, 1.82) is 0 Å². The third-order valence-electron chi connectivity index (χ3n) is 6.08. The number of carboxylic acid groups (broad SMARTS) is 1. The maximum Gasteiger partial charge on any atom is 0.407 e. The number of fused-ring (bicyclic) bond motifs is 1. The number of hydrogen-bond acceptors (Lipinski definition) is 4. The number of nitrogens with zero attached hydrogens (tertiary/aromatic N) is 4. The molecule has 1 saturated heterocycles. The minimum absolute atomic E-state index is 0.0688. The summed E-state index contributed by atoms with van der Waals surface area (Å²) in [7, 11) is 0. The van der Waals surface area contributed by atoms with Crippen LogP contribution in [-0.2, 0) is 24.3 Å². The van der Waals surface area contributed by atoms with Crippen LogP contribution >= 0.6 is 0 Å². The van der Waals surface area contributed by atoms with Crippen LogP contribution in [0.5, 0.6) is 0 Å². The molecule has 4 rings (SSSR count). The van der Waals surface area contributed by atoms with E-state index in [1.165, 1.54) is 4.90 Å². The van der Waals surface area contributed by atoms with Gasteiger partial charge in [-0.2, -0.15) is 5.10 Å². The van der Waals surface area contributed by atoms with Gasteiger partial charge in [-0.1, -0.05) is 12.1 Å². The number of aromatic nitrogens is 2. The predicted octanol–water partition coefficient (Wildman–Crippen LogP) is 3.23. The summed E-state index contributed by atoms with van der Waals surface area (Å²) in [4.78, 5) is 26.7. The van der Waals surface area contributed by atoms with Crippen LogP contribution in [0.4, 0.5) is 16.3 Å². The van der Waals surface area contributed by atoms with Crippen LogP contribution in [0.2, 0.25) is 0 Å². The van der Waals surface area contributed by atoms with E-state index >= 15 is 0 Å². The van der Waals surface area contributed by atoms with Crippen molar-refractivity contribution >= 4 is 23.5 Å². The number of benzene rings is 1. The van der Waals surface area contributed by atoms with E-state index in [9.17, 15) is 14.7 Å². The molecule has 1 atom stereocenters. The Balaban J connectivity index is 1.61. The summed E-state index contributed by atoms with van der Waals surface area (Å²) in [5, 5.41) is 17.7. The zero-order valence-electron chi connectivity index (χ0n) is 17.6. The second-order valence-electron chi connectivity index (χ2n) is 8.38. The van der Waals surface area contributed by atoms with E-state index in [0.717, 1.165) is 47.6 Å². The molecule has 2 aromatic rings. The van der Waals surface area contributed by atoms with E-state index in [2.05, 4.69) is 11.4 Å². The lowest BCUT2D eigenvalue weighted by molar-refractivity contribution is -0.129. The Morgan fingerprint density at radius 2 is 2.10 bits per heavy atom. The van der Waals surface area contributed by atoms with E-state index in [1.807, 2.05) is 34.7 Å². The van der Waals surface area contributed by atoms with Gasteiger partial charge >= 0.3 is 6.09 Å². The Kier molecular flexibility index (Phi) is 5.65. The largest absolute Gasteiger partial charge is 0.465 e. The molecule has 0 bridgehead atoms. The third-order valence-corrected chi connectivity index (χ3v) is 6.08. The molecule has 1 fully saturated rings. The number of aryl methyl sites for hydroxylation is 1. The van der Waals surface area contributed by atoms with Crippen LogP contribution in [0.3, 0.4) is 0 Å². The van der Waals surface area contributed by atoms with E-state index in [-0.39, 0.29) is 11.8 Å². The molecular weight excluding hydrogens is 382 g/mol. The van der Waals surface area contributed by atoms with E-state index in [0.29, 0.717) is 32.7 Å². The second kappa shape index (κ2) is 8.38. The summed E-state index contributed by atoms with van der Waals surface area (Å²) in [6.45, 7) is 6.73. The zero-order chi connectivity index (χ0) is 21.3. The summed E-state index contributed by atoms with van der Waals surface area (Å²) in [5.74, 6) is 1.10. The van der Waals surface area contributed by atoms with Crippen molar-refractivity contribution in [2.75, 3.05) is 25.0 Å². The first-order valence-corrected chi connectivity index (χ1v) is 10.6. The van der Waals surface area contributed by atoms with Crippen molar-refractivity contribution in [2.45, 2.75) is 46.2 Å². The van der Waals surface area contributed by atoms with E-state index in [4.69, 9.17) is 5.10 Å². The van der Waals surface area contributed by atoms with Gasteiger partial charge in [0.2, 0.25) is 5.91 Å². The highest BCUT2D eigenvalue weighted by atomic mass is 16.4. The first-order valence-electron chi connectivity index (χ1n) is 10.6. The predicted molar refractivity (Wildman–Crippen MR) is 114 cm³/mol. The molecule has 1 aromatic carbocycles. The number of carbonyl (C=O) groups is 2. The summed E-state index contributed by atoms with van der Waals surface area (Å²) >= 11 is 0. The quantitative estimate of drug-likeness (QED) is 0.806. The van der Waals surface area contributed by atoms with E-state index in [1.54, 1.807) is 6.92 Å². The van der Waals surface area contributed by atoms with Crippen LogP contribution in [0.25, 0.3) is 0 Å². The fourth-order valence-electron chi connectivity index (χ4n) is 4.50. The first-order chi connectivity index (χ1) is 14.4. The van der Waals surface area contributed by atoms with Crippen molar-refractivity contribution < 1.29 is 14.7 Å². The maximum atomic E-state index is 12.0. The number of carbonyl (C=O) groups excluding carboxylic acids is 1. The minimum atomic E-state index is -0.846. The molecule has 2 N–H and O–H groups in total. The number of nitrogens with one attached hydrogen (secondary N) is 1. The van der Waals surface area contributed by atoms with Gasteiger partial charge in [0, 0.05) is 56.5 Å². The number of anilines is 2. The summed E-state index contributed by atoms with van der Waals surface area (Å²) < 4.78 is 2.04. The Morgan fingerprint density at radius 1 is 1.27 bits per heavy atom. The zero-order valence-corrected chi connectivity index (χ0v) is 17.6. The molecule has 2 aliphatic heterocycles. The first kappa shape index (κ1) is 20.3. The van der Waals surface area contributed by atoms with Crippen LogP contribution in [0.15, 0.2) is 24.3 Å². The highest BCUT2D eigenvalue weighted by molar-refractivity contribution is 5.74. The van der Waals surface area contributed by atoms with Crippen LogP contribution in [0, 0.1) is 12.8 Å². The van der Waals surface area contributed by atoms with Crippen molar-refractivity contribution in [2.24, 2.45) is 5.92 Å². The molecule has 3 heterocycles. The summed E-state index contributed by atoms with van der Waals surface area (Å²) in [5.41, 5.74) is 4.34. The molecule has 0 saturated carbocycles. The monoisotopic (exact) mass is 411 g/mol. The van der Waals surface area contributed by atoms with Crippen LogP contribution in [-0.4, -0.2) is 56.3 Å². The molecule has 1 aromatic heterocycles. The van der Waals surface area contributed by atoms with Crippen LogP contribution < -0.4 is 5.32 Å². The highest BCUT2D eigenvalue weighted by Crippen LogP contribution is 2.30. The van der Waals surface area contributed by atoms with Crippen molar-refractivity contribution in [3.05, 3.63) is 41.1 Å². The molecule has 8 heteroatoms.